The molecule has 0 aliphatic carbocycles. The third-order valence-electron chi connectivity index (χ3n) is 6.30. The highest BCUT2D eigenvalue weighted by Gasteiger charge is 2.26. The second-order valence-corrected chi connectivity index (χ2v) is 14.1. The molecule has 14 heteroatoms. The van der Waals surface area contributed by atoms with E-state index in [4.69, 9.17) is 21.1 Å². The van der Waals surface area contributed by atoms with Gasteiger partial charge >= 0.3 is 4.87 Å². The van der Waals surface area contributed by atoms with Gasteiger partial charge in [-0.25, -0.2) is 21.6 Å². The van der Waals surface area contributed by atoms with E-state index in [2.05, 4.69) is 4.72 Å². The first-order valence-corrected chi connectivity index (χ1v) is 16.4. The number of nitrogens with zero attached hydrogens (tertiary/aromatic N) is 2. The van der Waals surface area contributed by atoms with Crippen molar-refractivity contribution in [3.05, 3.63) is 87.0 Å². The van der Waals surface area contributed by atoms with Gasteiger partial charge in [-0.3, -0.25) is 9.36 Å². The van der Waals surface area contributed by atoms with Crippen molar-refractivity contribution >= 4 is 53.2 Å². The molecule has 4 aromatic rings. The number of morpholine rings is 1. The van der Waals surface area contributed by atoms with Crippen molar-refractivity contribution in [1.29, 1.82) is 0 Å². The zero-order valence-electron chi connectivity index (χ0n) is 21.2. The number of hydrogen-bond donors (Lipinski definition) is 1. The van der Waals surface area contributed by atoms with Crippen molar-refractivity contribution in [2.75, 3.05) is 39.5 Å². The lowest BCUT2D eigenvalue weighted by molar-refractivity contribution is 0.0730. The summed E-state index contributed by atoms with van der Waals surface area (Å²) in [5.41, 5.74) is 1.55. The summed E-state index contributed by atoms with van der Waals surface area (Å²) in [6.45, 7) is 1.70. The molecule has 1 aromatic heterocycles. The summed E-state index contributed by atoms with van der Waals surface area (Å²) in [4.78, 5) is 12.6. The van der Waals surface area contributed by atoms with Crippen molar-refractivity contribution < 1.29 is 26.3 Å². The van der Waals surface area contributed by atoms with Crippen LogP contribution in [-0.4, -0.2) is 65.2 Å². The van der Waals surface area contributed by atoms with Gasteiger partial charge in [-0.05, 0) is 60.2 Å². The molecule has 0 spiro atoms. The molecule has 0 saturated carbocycles. The van der Waals surface area contributed by atoms with Gasteiger partial charge in [-0.1, -0.05) is 35.1 Å². The molecule has 1 aliphatic rings. The fourth-order valence-corrected chi connectivity index (χ4v) is 7.79. The molecule has 0 atom stereocenters. The number of benzene rings is 3. The van der Waals surface area contributed by atoms with Crippen molar-refractivity contribution in [1.82, 2.24) is 13.6 Å². The van der Waals surface area contributed by atoms with Crippen LogP contribution in [0, 0.1) is 0 Å². The van der Waals surface area contributed by atoms with Crippen molar-refractivity contribution in [2.45, 2.75) is 16.3 Å². The predicted octanol–water partition coefficient (Wildman–Crippen LogP) is 3.14. The van der Waals surface area contributed by atoms with Crippen LogP contribution < -0.4 is 14.3 Å². The number of ether oxygens (including phenoxy) is 2. The first-order valence-electron chi connectivity index (χ1n) is 12.3. The van der Waals surface area contributed by atoms with Crippen LogP contribution >= 0.6 is 22.9 Å². The minimum absolute atomic E-state index is 0.0119. The number of aromatic nitrogens is 1. The van der Waals surface area contributed by atoms with Gasteiger partial charge in [0.1, 0.15) is 12.4 Å². The third kappa shape index (κ3) is 6.41. The number of halogens is 1. The van der Waals surface area contributed by atoms with Gasteiger partial charge in [0.25, 0.3) is 0 Å². The summed E-state index contributed by atoms with van der Waals surface area (Å²) >= 11 is 6.92. The Bertz CT molecular complexity index is 1760. The molecule has 5 rings (SSSR count). The Kier molecular flexibility index (Phi) is 8.61. The molecule has 212 valence electrons. The van der Waals surface area contributed by atoms with Crippen LogP contribution in [0.15, 0.2) is 81.3 Å². The third-order valence-corrected chi connectivity index (χ3v) is 10.9. The maximum absolute atomic E-state index is 12.9. The first kappa shape index (κ1) is 28.7. The van der Waals surface area contributed by atoms with E-state index in [1.165, 1.54) is 40.7 Å². The molecule has 0 radical (unpaired) electrons. The molecular formula is C26H26ClN3O7S3. The Balaban J connectivity index is 1.18. The van der Waals surface area contributed by atoms with Crippen LogP contribution in [0.2, 0.25) is 5.02 Å². The normalized spacial score (nSPS) is 14.9. The fourth-order valence-electron chi connectivity index (χ4n) is 4.21. The summed E-state index contributed by atoms with van der Waals surface area (Å²) in [5, 5.41) is 0.604. The van der Waals surface area contributed by atoms with E-state index in [1.807, 2.05) is 12.1 Å². The molecule has 1 fully saturated rings. The quantitative estimate of drug-likeness (QED) is 0.269. The zero-order valence-corrected chi connectivity index (χ0v) is 24.4. The maximum atomic E-state index is 12.9. The number of fused-ring (bicyclic) bond motifs is 1. The molecule has 0 unspecified atom stereocenters. The highest BCUT2D eigenvalue weighted by atomic mass is 35.5. The zero-order chi connectivity index (χ0) is 28.3. The molecule has 10 nitrogen and oxygen atoms in total. The van der Waals surface area contributed by atoms with Crippen LogP contribution in [-0.2, 0) is 31.3 Å². The second kappa shape index (κ2) is 12.0. The van der Waals surface area contributed by atoms with Crippen LogP contribution in [0.4, 0.5) is 0 Å². The number of hydrogen-bond acceptors (Lipinski definition) is 8. The SMILES string of the molecule is O=c1sc2cc(S(=O)(=O)NCCOc3ccc(S(=O)(=O)N4CCOCC4)cc3)ccc2n1Cc1ccc(Cl)cc1. The maximum Gasteiger partial charge on any atom is 0.308 e. The topological polar surface area (TPSA) is 124 Å². The molecule has 40 heavy (non-hydrogen) atoms. The van der Waals surface area contributed by atoms with Crippen molar-refractivity contribution in [3.8, 4) is 5.75 Å². The number of sulfonamides is 2. The lowest BCUT2D eigenvalue weighted by Crippen LogP contribution is -2.40. The highest BCUT2D eigenvalue weighted by molar-refractivity contribution is 7.89. The van der Waals surface area contributed by atoms with E-state index in [9.17, 15) is 21.6 Å². The van der Waals surface area contributed by atoms with E-state index in [1.54, 1.807) is 22.8 Å². The Morgan fingerprint density at radius 2 is 1.60 bits per heavy atom. The van der Waals surface area contributed by atoms with Gasteiger partial charge in [-0.15, -0.1) is 0 Å². The Labute approximate surface area is 240 Å². The van der Waals surface area contributed by atoms with Crippen LogP contribution in [0.3, 0.4) is 0 Å². The largest absolute Gasteiger partial charge is 0.492 e. The average molecular weight is 624 g/mol. The molecule has 0 amide bonds. The number of rotatable bonds is 10. The molecular weight excluding hydrogens is 598 g/mol. The standard InChI is InChI=1S/C26H26ClN3O7S3/c27-20-3-1-19(2-4-20)18-30-24-10-9-23(17-25(24)38-26(30)31)39(32,33)28-11-14-37-21-5-7-22(8-6-21)40(34,35)29-12-15-36-16-13-29/h1-10,17,28H,11-16,18H2. The number of nitrogens with one attached hydrogen (secondary N) is 1. The molecule has 2 heterocycles. The van der Waals surface area contributed by atoms with E-state index >= 15 is 0 Å². The van der Waals surface area contributed by atoms with Crippen molar-refractivity contribution in [3.63, 3.8) is 0 Å². The van der Waals surface area contributed by atoms with E-state index in [0.29, 0.717) is 53.8 Å². The predicted molar refractivity (Wildman–Crippen MR) is 153 cm³/mol. The molecule has 3 aromatic carbocycles. The lowest BCUT2D eigenvalue weighted by Gasteiger charge is -2.26. The summed E-state index contributed by atoms with van der Waals surface area (Å²) in [5.74, 6) is 0.411. The van der Waals surface area contributed by atoms with Gasteiger partial charge in [-0.2, -0.15) is 4.31 Å². The Morgan fingerprint density at radius 3 is 2.30 bits per heavy atom. The van der Waals surface area contributed by atoms with E-state index in [0.717, 1.165) is 16.9 Å². The smallest absolute Gasteiger partial charge is 0.308 e. The lowest BCUT2D eigenvalue weighted by atomic mass is 10.2. The van der Waals surface area contributed by atoms with Crippen LogP contribution in [0.1, 0.15) is 5.56 Å². The molecule has 0 bridgehead atoms. The summed E-state index contributed by atoms with van der Waals surface area (Å²) < 4.78 is 68.0. The van der Waals surface area contributed by atoms with Gasteiger partial charge in [0.2, 0.25) is 20.0 Å². The van der Waals surface area contributed by atoms with Gasteiger partial charge in [0.15, 0.2) is 0 Å². The van der Waals surface area contributed by atoms with Crippen molar-refractivity contribution in [2.24, 2.45) is 0 Å². The first-order chi connectivity index (χ1) is 19.1. The summed E-state index contributed by atoms with van der Waals surface area (Å²) in [6, 6.07) is 17.7. The Hall–Kier alpha value is -2.78. The minimum Gasteiger partial charge on any atom is -0.492 e. The number of thiazole rings is 1. The fraction of sp³-hybridized carbons (Fsp3) is 0.269. The van der Waals surface area contributed by atoms with Gasteiger partial charge < -0.3 is 9.47 Å². The molecule has 1 saturated heterocycles. The highest BCUT2D eigenvalue weighted by Crippen LogP contribution is 2.23. The molecule has 1 aliphatic heterocycles. The van der Waals surface area contributed by atoms with E-state index < -0.39 is 20.0 Å². The van der Waals surface area contributed by atoms with Gasteiger partial charge in [0, 0.05) is 24.7 Å². The summed E-state index contributed by atoms with van der Waals surface area (Å²) in [7, 11) is -7.46. The minimum atomic E-state index is -3.86. The average Bonchev–Trinajstić information content (AvgIpc) is 3.27. The molecule has 1 N–H and O–H groups in total. The van der Waals surface area contributed by atoms with E-state index in [-0.39, 0.29) is 27.8 Å². The monoisotopic (exact) mass is 623 g/mol. The van der Waals surface area contributed by atoms with Crippen LogP contribution in [0.25, 0.3) is 10.2 Å². The second-order valence-electron chi connectivity index (χ2n) is 8.94. The van der Waals surface area contributed by atoms with Crippen LogP contribution in [0.5, 0.6) is 5.75 Å². The van der Waals surface area contributed by atoms with Gasteiger partial charge in [0.05, 0.1) is 39.8 Å². The summed E-state index contributed by atoms with van der Waals surface area (Å²) in [6.07, 6.45) is 0. The Morgan fingerprint density at radius 1 is 0.925 bits per heavy atom.